The highest BCUT2D eigenvalue weighted by atomic mass is 16.1. The number of hydrogen-bond donors (Lipinski definition) is 1. The van der Waals surface area contributed by atoms with Gasteiger partial charge in [-0.05, 0) is 25.7 Å². The zero-order valence-corrected chi connectivity index (χ0v) is 7.84. The van der Waals surface area contributed by atoms with Gasteiger partial charge in [-0.25, -0.2) is 0 Å². The summed E-state index contributed by atoms with van der Waals surface area (Å²) in [6, 6.07) is 0. The van der Waals surface area contributed by atoms with E-state index in [1.165, 1.54) is 0 Å². The Labute approximate surface area is 74.0 Å². The molecule has 0 aliphatic heterocycles. The molecule has 1 rings (SSSR count). The second-order valence-corrected chi connectivity index (χ2v) is 3.29. The van der Waals surface area contributed by atoms with Crippen LogP contribution in [-0.4, -0.2) is 12.5 Å². The van der Waals surface area contributed by atoms with Crippen molar-refractivity contribution in [2.45, 2.75) is 26.7 Å². The monoisotopic (exact) mass is 167 g/mol. The molecule has 1 aliphatic rings. The maximum atomic E-state index is 11.3. The third-order valence-corrected chi connectivity index (χ3v) is 2.38. The van der Waals surface area contributed by atoms with Gasteiger partial charge in [-0.15, -0.1) is 0 Å². The third-order valence-electron chi connectivity index (χ3n) is 2.38. The summed E-state index contributed by atoms with van der Waals surface area (Å²) in [4.78, 5) is 11.3. The van der Waals surface area contributed by atoms with E-state index in [4.69, 9.17) is 0 Å². The van der Waals surface area contributed by atoms with E-state index in [1.54, 1.807) is 0 Å². The molecule has 0 bridgehead atoms. The van der Waals surface area contributed by atoms with Crippen LogP contribution in [0.25, 0.3) is 0 Å². The molecule has 0 saturated heterocycles. The van der Waals surface area contributed by atoms with Crippen molar-refractivity contribution in [1.29, 1.82) is 0 Å². The molecule has 0 fully saturated rings. The van der Waals surface area contributed by atoms with E-state index in [0.717, 1.165) is 19.4 Å². The average Bonchev–Trinajstić information content (AvgIpc) is 2.52. The van der Waals surface area contributed by atoms with Gasteiger partial charge in [-0.3, -0.25) is 4.79 Å². The van der Waals surface area contributed by atoms with E-state index in [2.05, 4.69) is 18.3 Å². The number of hydrogen-bond acceptors (Lipinski definition) is 1. The quantitative estimate of drug-likeness (QED) is 0.637. The van der Waals surface area contributed by atoms with Crippen LogP contribution in [0.1, 0.15) is 26.7 Å². The molecular formula is C10H17NO. The van der Waals surface area contributed by atoms with Crippen LogP contribution < -0.4 is 5.32 Å². The zero-order valence-electron chi connectivity index (χ0n) is 7.84. The highest BCUT2D eigenvalue weighted by molar-refractivity contribution is 5.80. The lowest BCUT2D eigenvalue weighted by Crippen LogP contribution is -2.28. The van der Waals surface area contributed by atoms with E-state index in [9.17, 15) is 4.79 Å². The summed E-state index contributed by atoms with van der Waals surface area (Å²) < 4.78 is 0. The Kier molecular flexibility index (Phi) is 3.32. The molecule has 2 atom stereocenters. The van der Waals surface area contributed by atoms with E-state index >= 15 is 0 Å². The molecule has 1 aliphatic carbocycles. The minimum atomic E-state index is 0.134. The highest BCUT2D eigenvalue weighted by Crippen LogP contribution is 2.25. The second-order valence-electron chi connectivity index (χ2n) is 3.29. The van der Waals surface area contributed by atoms with Gasteiger partial charge in [0.05, 0.1) is 5.92 Å². The van der Waals surface area contributed by atoms with Crippen LogP contribution in [0.3, 0.4) is 0 Å². The Bertz CT molecular complexity index is 186. The molecule has 2 unspecified atom stereocenters. The van der Waals surface area contributed by atoms with Crippen molar-refractivity contribution in [3.05, 3.63) is 12.2 Å². The maximum absolute atomic E-state index is 11.3. The fourth-order valence-corrected chi connectivity index (χ4v) is 1.58. The van der Waals surface area contributed by atoms with E-state index in [0.29, 0.717) is 5.92 Å². The molecule has 0 aromatic heterocycles. The number of rotatable bonds is 3. The van der Waals surface area contributed by atoms with E-state index < -0.39 is 0 Å². The molecule has 1 amide bonds. The van der Waals surface area contributed by atoms with Crippen LogP contribution in [0, 0.1) is 11.8 Å². The molecule has 0 heterocycles. The molecule has 1 N–H and O–H groups in total. The standard InChI is InChI=1S/C10H17NO/c1-3-8-5-6-9(7-8)10(12)11-4-2/h5-6,8-9H,3-4,7H2,1-2H3,(H,11,12). The SMILES string of the molecule is CCNC(=O)C1C=CC(CC)C1. The fourth-order valence-electron chi connectivity index (χ4n) is 1.58. The summed E-state index contributed by atoms with van der Waals surface area (Å²) in [6.45, 7) is 4.85. The van der Waals surface area contributed by atoms with Gasteiger partial charge in [0.15, 0.2) is 0 Å². The topological polar surface area (TPSA) is 29.1 Å². The molecule has 0 radical (unpaired) electrons. The van der Waals surface area contributed by atoms with Gasteiger partial charge < -0.3 is 5.32 Å². The Morgan fingerprint density at radius 1 is 1.50 bits per heavy atom. The van der Waals surface area contributed by atoms with Gasteiger partial charge in [0.25, 0.3) is 0 Å². The van der Waals surface area contributed by atoms with Gasteiger partial charge in [-0.1, -0.05) is 19.1 Å². The Morgan fingerprint density at radius 3 is 2.75 bits per heavy atom. The lowest BCUT2D eigenvalue weighted by atomic mass is 10.0. The van der Waals surface area contributed by atoms with Gasteiger partial charge in [-0.2, -0.15) is 0 Å². The summed E-state index contributed by atoms with van der Waals surface area (Å²) >= 11 is 0. The Balaban J connectivity index is 2.37. The lowest BCUT2D eigenvalue weighted by Gasteiger charge is -2.09. The number of amides is 1. The summed E-state index contributed by atoms with van der Waals surface area (Å²) in [5.74, 6) is 0.942. The molecule has 0 aromatic carbocycles. The molecule has 2 heteroatoms. The lowest BCUT2D eigenvalue weighted by molar-refractivity contribution is -0.123. The predicted octanol–water partition coefficient (Wildman–Crippen LogP) is 1.72. The Morgan fingerprint density at radius 2 is 2.25 bits per heavy atom. The minimum absolute atomic E-state index is 0.134. The zero-order chi connectivity index (χ0) is 8.97. The van der Waals surface area contributed by atoms with Gasteiger partial charge in [0.2, 0.25) is 5.91 Å². The second kappa shape index (κ2) is 4.29. The third kappa shape index (κ3) is 2.10. The predicted molar refractivity (Wildman–Crippen MR) is 49.7 cm³/mol. The summed E-state index contributed by atoms with van der Waals surface area (Å²) in [7, 11) is 0. The summed E-state index contributed by atoms with van der Waals surface area (Å²) in [6.07, 6.45) is 6.35. The normalized spacial score (nSPS) is 27.5. The first kappa shape index (κ1) is 9.30. The number of carbonyl (C=O) groups is 1. The summed E-state index contributed by atoms with van der Waals surface area (Å²) in [5.41, 5.74) is 0. The molecule has 0 aromatic rings. The van der Waals surface area contributed by atoms with Crippen LogP contribution in [-0.2, 0) is 4.79 Å². The Hall–Kier alpha value is -0.790. The smallest absolute Gasteiger partial charge is 0.226 e. The van der Waals surface area contributed by atoms with Crippen molar-refractivity contribution >= 4 is 5.91 Å². The molecular weight excluding hydrogens is 150 g/mol. The summed E-state index contributed by atoms with van der Waals surface area (Å²) in [5, 5.41) is 2.84. The molecule has 0 saturated carbocycles. The maximum Gasteiger partial charge on any atom is 0.226 e. The van der Waals surface area contributed by atoms with Crippen LogP contribution in [0.4, 0.5) is 0 Å². The van der Waals surface area contributed by atoms with Gasteiger partial charge >= 0.3 is 0 Å². The molecule has 12 heavy (non-hydrogen) atoms. The van der Waals surface area contributed by atoms with Crippen molar-refractivity contribution in [2.24, 2.45) is 11.8 Å². The van der Waals surface area contributed by atoms with Crippen molar-refractivity contribution in [2.75, 3.05) is 6.54 Å². The molecule has 68 valence electrons. The van der Waals surface area contributed by atoms with Crippen molar-refractivity contribution in [3.63, 3.8) is 0 Å². The van der Waals surface area contributed by atoms with Crippen LogP contribution in [0.2, 0.25) is 0 Å². The molecule has 2 nitrogen and oxygen atoms in total. The first-order chi connectivity index (χ1) is 5.77. The number of carbonyl (C=O) groups excluding carboxylic acids is 1. The van der Waals surface area contributed by atoms with Crippen LogP contribution in [0.5, 0.6) is 0 Å². The van der Waals surface area contributed by atoms with Crippen LogP contribution in [0.15, 0.2) is 12.2 Å². The first-order valence-corrected chi connectivity index (χ1v) is 4.74. The van der Waals surface area contributed by atoms with Crippen molar-refractivity contribution < 1.29 is 4.79 Å². The number of allylic oxidation sites excluding steroid dienone is 1. The van der Waals surface area contributed by atoms with E-state index in [1.807, 2.05) is 13.0 Å². The van der Waals surface area contributed by atoms with Crippen LogP contribution >= 0.6 is 0 Å². The molecule has 0 spiro atoms. The minimum Gasteiger partial charge on any atom is -0.356 e. The number of nitrogens with one attached hydrogen (secondary N) is 1. The van der Waals surface area contributed by atoms with Gasteiger partial charge in [0.1, 0.15) is 0 Å². The average molecular weight is 167 g/mol. The fraction of sp³-hybridized carbons (Fsp3) is 0.700. The first-order valence-electron chi connectivity index (χ1n) is 4.74. The highest BCUT2D eigenvalue weighted by Gasteiger charge is 2.22. The van der Waals surface area contributed by atoms with Gasteiger partial charge in [0, 0.05) is 6.54 Å². The van der Waals surface area contributed by atoms with Crippen molar-refractivity contribution in [3.8, 4) is 0 Å². The van der Waals surface area contributed by atoms with E-state index in [-0.39, 0.29) is 11.8 Å². The van der Waals surface area contributed by atoms with Crippen molar-refractivity contribution in [1.82, 2.24) is 5.32 Å². The largest absolute Gasteiger partial charge is 0.356 e.